The number of nitrogens with two attached hydrogens (primary N) is 1. The van der Waals surface area contributed by atoms with E-state index in [2.05, 4.69) is 15.9 Å². The van der Waals surface area contributed by atoms with Crippen molar-refractivity contribution in [3.05, 3.63) is 34.3 Å². The Morgan fingerprint density at radius 1 is 1.36 bits per heavy atom. The summed E-state index contributed by atoms with van der Waals surface area (Å²) in [7, 11) is 0. The molecule has 0 saturated heterocycles. The molecule has 14 heavy (non-hydrogen) atoms. The molecule has 0 aromatic heterocycles. The number of alkyl halides is 1. The zero-order chi connectivity index (χ0) is 10.2. The summed E-state index contributed by atoms with van der Waals surface area (Å²) < 4.78 is 14.7. The Hall–Kier alpha value is -0.410. The van der Waals surface area contributed by atoms with Gasteiger partial charge >= 0.3 is 0 Å². The summed E-state index contributed by atoms with van der Waals surface area (Å²) in [6.07, 6.45) is 1.46. The van der Waals surface area contributed by atoms with E-state index in [4.69, 9.17) is 5.73 Å². The van der Waals surface area contributed by atoms with Crippen molar-refractivity contribution in [3.63, 3.8) is 0 Å². The third-order valence-electron chi connectivity index (χ3n) is 2.71. The van der Waals surface area contributed by atoms with Crippen LogP contribution in [0.25, 0.3) is 0 Å². The summed E-state index contributed by atoms with van der Waals surface area (Å²) in [5, 5.41) is 0. The van der Waals surface area contributed by atoms with E-state index < -0.39 is 6.17 Å². The number of hydrogen-bond acceptors (Lipinski definition) is 1. The van der Waals surface area contributed by atoms with E-state index in [0.29, 0.717) is 6.42 Å². The van der Waals surface area contributed by atoms with Gasteiger partial charge in [-0.3, -0.25) is 0 Å². The zero-order valence-electron chi connectivity index (χ0n) is 7.84. The minimum atomic E-state index is -0.921. The highest BCUT2D eigenvalue weighted by molar-refractivity contribution is 9.10. The second-order valence-electron chi connectivity index (χ2n) is 4.09. The molecule has 2 rings (SSSR count). The molecule has 76 valence electrons. The first-order chi connectivity index (χ1) is 6.59. The first kappa shape index (κ1) is 10.1. The fourth-order valence-electron chi connectivity index (χ4n) is 1.51. The van der Waals surface area contributed by atoms with E-state index in [1.807, 2.05) is 12.1 Å². The molecule has 3 heteroatoms. The smallest absolute Gasteiger partial charge is 0.127 e. The second-order valence-corrected chi connectivity index (χ2v) is 5.00. The molecule has 1 unspecified atom stereocenters. The fourth-order valence-corrected chi connectivity index (χ4v) is 1.78. The quantitative estimate of drug-likeness (QED) is 0.884. The largest absolute Gasteiger partial charge is 0.325 e. The number of halogens is 2. The molecule has 0 radical (unpaired) electrons. The van der Waals surface area contributed by atoms with Gasteiger partial charge in [-0.15, -0.1) is 0 Å². The average molecular weight is 258 g/mol. The standard InChI is InChI=1S/C11H13BrFN/c12-9-3-1-8(2-4-9)10(13)7-11(14)5-6-11/h1-4,10H,5-7,14H2. The summed E-state index contributed by atoms with van der Waals surface area (Å²) in [6.45, 7) is 0. The summed E-state index contributed by atoms with van der Waals surface area (Å²) in [6, 6.07) is 7.33. The summed E-state index contributed by atoms with van der Waals surface area (Å²) in [5.74, 6) is 0. The van der Waals surface area contributed by atoms with Crippen LogP contribution in [-0.2, 0) is 0 Å². The second kappa shape index (κ2) is 3.63. The number of rotatable bonds is 3. The predicted molar refractivity (Wildman–Crippen MR) is 58.8 cm³/mol. The van der Waals surface area contributed by atoms with E-state index in [9.17, 15) is 4.39 Å². The Balaban J connectivity index is 2.03. The van der Waals surface area contributed by atoms with Gasteiger partial charge in [-0.1, -0.05) is 28.1 Å². The monoisotopic (exact) mass is 257 g/mol. The van der Waals surface area contributed by atoms with Crippen molar-refractivity contribution < 1.29 is 4.39 Å². The van der Waals surface area contributed by atoms with Crippen LogP contribution >= 0.6 is 15.9 Å². The molecule has 1 saturated carbocycles. The number of hydrogen-bond donors (Lipinski definition) is 1. The van der Waals surface area contributed by atoms with E-state index in [1.54, 1.807) is 12.1 Å². The minimum Gasteiger partial charge on any atom is -0.325 e. The first-order valence-electron chi connectivity index (χ1n) is 4.77. The lowest BCUT2D eigenvalue weighted by Crippen LogP contribution is -2.23. The minimum absolute atomic E-state index is 0.216. The first-order valence-corrected chi connectivity index (χ1v) is 5.57. The van der Waals surface area contributed by atoms with Gasteiger partial charge in [-0.05, 0) is 30.5 Å². The van der Waals surface area contributed by atoms with Crippen LogP contribution in [0, 0.1) is 0 Å². The zero-order valence-corrected chi connectivity index (χ0v) is 9.43. The molecular formula is C11H13BrFN. The van der Waals surface area contributed by atoms with Gasteiger partial charge in [0.1, 0.15) is 6.17 Å². The third kappa shape index (κ3) is 2.34. The van der Waals surface area contributed by atoms with Gasteiger partial charge < -0.3 is 5.73 Å². The van der Waals surface area contributed by atoms with Gasteiger partial charge in [-0.2, -0.15) is 0 Å². The van der Waals surface area contributed by atoms with Crippen molar-refractivity contribution in [3.8, 4) is 0 Å². The van der Waals surface area contributed by atoms with Crippen LogP contribution in [0.2, 0.25) is 0 Å². The van der Waals surface area contributed by atoms with Gasteiger partial charge in [0.15, 0.2) is 0 Å². The molecule has 1 nitrogen and oxygen atoms in total. The molecule has 1 aliphatic carbocycles. The SMILES string of the molecule is NC1(CC(F)c2ccc(Br)cc2)CC1. The summed E-state index contributed by atoms with van der Waals surface area (Å²) in [4.78, 5) is 0. The Morgan fingerprint density at radius 2 is 1.93 bits per heavy atom. The maximum atomic E-state index is 13.7. The van der Waals surface area contributed by atoms with Crippen LogP contribution in [0.3, 0.4) is 0 Å². The molecule has 0 spiro atoms. The molecule has 2 N–H and O–H groups in total. The van der Waals surface area contributed by atoms with Crippen LogP contribution < -0.4 is 5.73 Å². The normalized spacial score (nSPS) is 20.5. The summed E-state index contributed by atoms with van der Waals surface area (Å²) in [5.41, 5.74) is 6.38. The molecule has 1 aromatic rings. The maximum absolute atomic E-state index is 13.7. The topological polar surface area (TPSA) is 26.0 Å². The molecule has 0 amide bonds. The van der Waals surface area contributed by atoms with Gasteiger partial charge in [0.25, 0.3) is 0 Å². The van der Waals surface area contributed by atoms with Crippen molar-refractivity contribution in [2.75, 3.05) is 0 Å². The van der Waals surface area contributed by atoms with Crippen LogP contribution in [0.5, 0.6) is 0 Å². The Morgan fingerprint density at radius 3 is 2.43 bits per heavy atom. The van der Waals surface area contributed by atoms with Crippen molar-refractivity contribution in [1.29, 1.82) is 0 Å². The fraction of sp³-hybridized carbons (Fsp3) is 0.455. The van der Waals surface area contributed by atoms with Crippen LogP contribution in [-0.4, -0.2) is 5.54 Å². The summed E-state index contributed by atoms with van der Waals surface area (Å²) >= 11 is 3.32. The van der Waals surface area contributed by atoms with Crippen LogP contribution in [0.4, 0.5) is 4.39 Å². The Kier molecular flexibility index (Phi) is 2.62. The molecule has 0 heterocycles. The van der Waals surface area contributed by atoms with Crippen LogP contribution in [0.1, 0.15) is 31.0 Å². The van der Waals surface area contributed by atoms with Gasteiger partial charge in [-0.25, -0.2) is 4.39 Å². The third-order valence-corrected chi connectivity index (χ3v) is 3.24. The molecule has 1 atom stereocenters. The molecular weight excluding hydrogens is 245 g/mol. The lowest BCUT2D eigenvalue weighted by Gasteiger charge is -2.13. The lowest BCUT2D eigenvalue weighted by molar-refractivity contribution is 0.295. The van der Waals surface area contributed by atoms with E-state index >= 15 is 0 Å². The lowest BCUT2D eigenvalue weighted by atomic mass is 10.0. The van der Waals surface area contributed by atoms with Gasteiger partial charge in [0, 0.05) is 16.4 Å². The molecule has 0 aliphatic heterocycles. The average Bonchev–Trinajstić information content (AvgIpc) is 2.84. The van der Waals surface area contributed by atoms with Crippen molar-refractivity contribution in [2.24, 2.45) is 5.73 Å². The van der Waals surface area contributed by atoms with Crippen molar-refractivity contribution in [2.45, 2.75) is 31.0 Å². The highest BCUT2D eigenvalue weighted by Gasteiger charge is 2.40. The van der Waals surface area contributed by atoms with Crippen LogP contribution in [0.15, 0.2) is 28.7 Å². The van der Waals surface area contributed by atoms with Crippen molar-refractivity contribution >= 4 is 15.9 Å². The molecule has 0 bridgehead atoms. The van der Waals surface area contributed by atoms with E-state index in [-0.39, 0.29) is 5.54 Å². The van der Waals surface area contributed by atoms with Crippen molar-refractivity contribution in [1.82, 2.24) is 0 Å². The Labute approximate surface area is 91.6 Å². The van der Waals surface area contributed by atoms with E-state index in [0.717, 1.165) is 22.9 Å². The number of benzene rings is 1. The molecule has 1 fully saturated rings. The predicted octanol–water partition coefficient (Wildman–Crippen LogP) is 3.34. The van der Waals surface area contributed by atoms with Gasteiger partial charge in [0.05, 0.1) is 0 Å². The Bertz CT molecular complexity index is 319. The maximum Gasteiger partial charge on any atom is 0.127 e. The molecule has 1 aliphatic rings. The highest BCUT2D eigenvalue weighted by atomic mass is 79.9. The van der Waals surface area contributed by atoms with Gasteiger partial charge in [0.2, 0.25) is 0 Å². The van der Waals surface area contributed by atoms with E-state index in [1.165, 1.54) is 0 Å². The highest BCUT2D eigenvalue weighted by Crippen LogP contribution is 2.41. The molecule has 1 aromatic carbocycles.